The van der Waals surface area contributed by atoms with E-state index in [1.54, 1.807) is 37.5 Å². The number of aryl methyl sites for hydroxylation is 1. The molecule has 5 rings (SSSR count). The summed E-state index contributed by atoms with van der Waals surface area (Å²) in [5, 5.41) is 9.89. The van der Waals surface area contributed by atoms with Gasteiger partial charge in [-0.1, -0.05) is 51.1 Å². The van der Waals surface area contributed by atoms with E-state index in [0.29, 0.717) is 51.6 Å². The van der Waals surface area contributed by atoms with Crippen LogP contribution in [-0.4, -0.2) is 51.6 Å². The van der Waals surface area contributed by atoms with Crippen molar-refractivity contribution >= 4 is 46.1 Å². The molecule has 2 amide bonds. The Bertz CT molecular complexity index is 1800. The molecule has 11 heteroatoms. The molecule has 0 unspecified atom stereocenters. The van der Waals surface area contributed by atoms with Crippen molar-refractivity contribution in [2.45, 2.75) is 38.3 Å². The van der Waals surface area contributed by atoms with Crippen molar-refractivity contribution in [2.24, 2.45) is 7.05 Å². The number of nitrogens with zero attached hydrogens (tertiary/aromatic N) is 3. The van der Waals surface area contributed by atoms with E-state index in [4.69, 9.17) is 16.3 Å². The average Bonchev–Trinajstić information content (AvgIpc) is 3.41. The summed E-state index contributed by atoms with van der Waals surface area (Å²) in [4.78, 5) is 47.5. The molecule has 0 bridgehead atoms. The van der Waals surface area contributed by atoms with Gasteiger partial charge in [0, 0.05) is 46.0 Å². The fourth-order valence-electron chi connectivity index (χ4n) is 4.90. The highest BCUT2D eigenvalue weighted by Gasteiger charge is 2.30. The molecule has 1 aliphatic heterocycles. The first-order chi connectivity index (χ1) is 20.4. The fourth-order valence-corrected chi connectivity index (χ4v) is 5.11. The Balaban J connectivity index is 1.42. The first kappa shape index (κ1) is 29.9. The van der Waals surface area contributed by atoms with Crippen LogP contribution in [0.15, 0.2) is 72.2 Å². The van der Waals surface area contributed by atoms with E-state index >= 15 is 0 Å². The van der Waals surface area contributed by atoms with Crippen molar-refractivity contribution in [3.05, 3.63) is 93.9 Å². The second-order valence-corrected chi connectivity index (χ2v) is 11.9. The summed E-state index contributed by atoms with van der Waals surface area (Å²) >= 11 is 6.55. The summed E-state index contributed by atoms with van der Waals surface area (Å²) in [6.07, 6.45) is 2.81. The summed E-state index contributed by atoms with van der Waals surface area (Å²) in [5.74, 6) is -0.332. The zero-order chi connectivity index (χ0) is 30.9. The van der Waals surface area contributed by atoms with Gasteiger partial charge in [0.15, 0.2) is 0 Å². The smallest absolute Gasteiger partial charge is 0.259 e. The molecule has 0 saturated carbocycles. The molecule has 43 heavy (non-hydrogen) atoms. The summed E-state index contributed by atoms with van der Waals surface area (Å²) < 4.78 is 6.93. The van der Waals surface area contributed by atoms with E-state index in [0.717, 1.165) is 5.56 Å². The minimum atomic E-state index is -0.338. The maximum atomic E-state index is 13.5. The van der Waals surface area contributed by atoms with Gasteiger partial charge in [-0.05, 0) is 53.5 Å². The molecule has 2 atom stereocenters. The first-order valence-electron chi connectivity index (χ1n) is 13.8. The predicted octanol–water partition coefficient (Wildman–Crippen LogP) is 4.68. The summed E-state index contributed by atoms with van der Waals surface area (Å²) in [5.41, 5.74) is 2.86. The first-order valence-corrected chi connectivity index (χ1v) is 14.2. The lowest BCUT2D eigenvalue weighted by Gasteiger charge is -2.20. The summed E-state index contributed by atoms with van der Waals surface area (Å²) in [7, 11) is 1.61. The minimum Gasteiger partial charge on any atom is -0.377 e. The van der Waals surface area contributed by atoms with Gasteiger partial charge >= 0.3 is 0 Å². The van der Waals surface area contributed by atoms with E-state index in [1.165, 1.54) is 10.6 Å². The predicted molar refractivity (Wildman–Crippen MR) is 169 cm³/mol. The minimum absolute atomic E-state index is 0.0682. The monoisotopic (exact) mass is 600 g/mol. The van der Waals surface area contributed by atoms with E-state index in [1.807, 2.05) is 24.3 Å². The topological polar surface area (TPSA) is 127 Å². The molecule has 1 saturated heterocycles. The highest BCUT2D eigenvalue weighted by Crippen LogP contribution is 2.30. The van der Waals surface area contributed by atoms with E-state index in [2.05, 4.69) is 53.3 Å². The fraction of sp³-hybridized carbons (Fsp3) is 0.281. The molecule has 1 aliphatic rings. The number of hydrogen-bond acceptors (Lipinski definition) is 7. The lowest BCUT2D eigenvalue weighted by Crippen LogP contribution is -2.45. The molecule has 0 radical (unpaired) electrons. The van der Waals surface area contributed by atoms with Crippen molar-refractivity contribution < 1.29 is 14.3 Å². The Kier molecular flexibility index (Phi) is 8.34. The van der Waals surface area contributed by atoms with Crippen LogP contribution in [0, 0.1) is 0 Å². The third-order valence-corrected chi connectivity index (χ3v) is 7.69. The number of carbonyl (C=O) groups excluding carboxylic acids is 2. The van der Waals surface area contributed by atoms with Gasteiger partial charge in [-0.3, -0.25) is 19.0 Å². The van der Waals surface area contributed by atoms with Crippen LogP contribution in [0.1, 0.15) is 36.7 Å². The number of ether oxygens (including phenoxy) is 1. The molecule has 0 aliphatic carbocycles. The van der Waals surface area contributed by atoms with Crippen molar-refractivity contribution in [2.75, 3.05) is 23.8 Å². The Hall–Kier alpha value is -4.54. The van der Waals surface area contributed by atoms with Crippen molar-refractivity contribution in [3.63, 3.8) is 0 Å². The molecular weight excluding hydrogens is 568 g/mol. The highest BCUT2D eigenvalue weighted by atomic mass is 35.5. The Morgan fingerprint density at radius 2 is 1.86 bits per heavy atom. The molecule has 10 nitrogen and oxygen atoms in total. The van der Waals surface area contributed by atoms with Crippen molar-refractivity contribution in [1.29, 1.82) is 0 Å². The van der Waals surface area contributed by atoms with Gasteiger partial charge in [0.2, 0.25) is 11.9 Å². The number of aromatic nitrogens is 3. The van der Waals surface area contributed by atoms with Gasteiger partial charge in [0.1, 0.15) is 5.65 Å². The van der Waals surface area contributed by atoms with Gasteiger partial charge in [0.05, 0.1) is 25.3 Å². The third-order valence-electron chi connectivity index (χ3n) is 7.36. The molecule has 2 aromatic carbocycles. The SMILES string of the molecule is C=CC(=O)N[C@H]1COC[C@H]1Nc1ncc2cc(-c3cc(C(=O)Nc4cccc(C(C)(C)C)c4)ccc3Cl)c(=O)n(C)c2n1. The van der Waals surface area contributed by atoms with E-state index in [-0.39, 0.29) is 40.8 Å². The number of halogens is 1. The molecule has 3 heterocycles. The summed E-state index contributed by atoms with van der Waals surface area (Å²) in [6.45, 7) is 10.5. The number of benzene rings is 2. The molecule has 3 N–H and O–H groups in total. The molecule has 1 fully saturated rings. The number of hydrogen-bond donors (Lipinski definition) is 3. The van der Waals surface area contributed by atoms with Crippen molar-refractivity contribution in [3.8, 4) is 11.1 Å². The van der Waals surface area contributed by atoms with Crippen LogP contribution in [0.25, 0.3) is 22.2 Å². The van der Waals surface area contributed by atoms with E-state index in [9.17, 15) is 14.4 Å². The number of nitrogens with one attached hydrogen (secondary N) is 3. The number of anilines is 2. The van der Waals surface area contributed by atoms with Crippen molar-refractivity contribution in [1.82, 2.24) is 19.9 Å². The lowest BCUT2D eigenvalue weighted by atomic mass is 9.87. The Morgan fingerprint density at radius 3 is 2.60 bits per heavy atom. The molecule has 2 aromatic heterocycles. The van der Waals surface area contributed by atoms with Crippen LogP contribution >= 0.6 is 11.6 Å². The van der Waals surface area contributed by atoms with E-state index < -0.39 is 0 Å². The van der Waals surface area contributed by atoms with Gasteiger partial charge < -0.3 is 20.7 Å². The second-order valence-electron chi connectivity index (χ2n) is 11.5. The maximum absolute atomic E-state index is 13.5. The molecule has 4 aromatic rings. The third kappa shape index (κ3) is 6.45. The zero-order valence-electron chi connectivity index (χ0n) is 24.4. The van der Waals surface area contributed by atoms with Gasteiger partial charge in [0.25, 0.3) is 11.5 Å². The van der Waals surface area contributed by atoms with Crippen LogP contribution < -0.4 is 21.5 Å². The van der Waals surface area contributed by atoms with Gasteiger partial charge in [-0.25, -0.2) is 4.98 Å². The lowest BCUT2D eigenvalue weighted by molar-refractivity contribution is -0.117. The summed E-state index contributed by atoms with van der Waals surface area (Å²) in [6, 6.07) is 13.7. The Labute approximate surface area is 254 Å². The molecular formula is C32H33ClN6O4. The largest absolute Gasteiger partial charge is 0.377 e. The standard InChI is InChI=1S/C32H33ClN6O4/c1-6-27(40)36-25-16-43-17-26(25)37-31-34-15-19-13-23(30(42)39(5)28(19)38-31)22-12-18(10-11-24(22)33)29(41)35-21-9-7-8-20(14-21)32(2,3)4/h6-15,25-26H,1,16-17H2,2-5H3,(H,35,41)(H,36,40)(H,34,37,38)/t25-,26+/m0/s1. The number of rotatable bonds is 7. The quantitative estimate of drug-likeness (QED) is 0.263. The number of pyridine rings is 1. The molecule has 0 spiro atoms. The van der Waals surface area contributed by atoms with Gasteiger partial charge in [-0.15, -0.1) is 0 Å². The van der Waals surface area contributed by atoms with Gasteiger partial charge in [-0.2, -0.15) is 4.98 Å². The number of amides is 2. The average molecular weight is 601 g/mol. The molecule has 222 valence electrons. The number of fused-ring (bicyclic) bond motifs is 1. The van der Waals surface area contributed by atoms with Crippen LogP contribution in [0.2, 0.25) is 5.02 Å². The van der Waals surface area contributed by atoms with Crippen LogP contribution in [-0.2, 0) is 22.0 Å². The normalized spacial score (nSPS) is 16.6. The van der Waals surface area contributed by atoms with Crippen LogP contribution in [0.4, 0.5) is 11.6 Å². The number of carbonyl (C=O) groups is 2. The van der Waals surface area contributed by atoms with Crippen LogP contribution in [0.3, 0.4) is 0 Å². The highest BCUT2D eigenvalue weighted by molar-refractivity contribution is 6.33. The zero-order valence-corrected chi connectivity index (χ0v) is 25.2. The van der Waals surface area contributed by atoms with Crippen LogP contribution in [0.5, 0.6) is 0 Å². The Morgan fingerprint density at radius 1 is 1.09 bits per heavy atom. The maximum Gasteiger partial charge on any atom is 0.259 e. The second kappa shape index (κ2) is 12.0.